The largest absolute Gasteiger partial charge is 0.508 e. The number of ether oxygens (including phenoxy) is 1. The molecule has 1 aromatic carbocycles. The molecule has 3 fully saturated rings. The number of phenols is 1. The predicted molar refractivity (Wildman–Crippen MR) is 96.7 cm³/mol. The van der Waals surface area contributed by atoms with Crippen molar-refractivity contribution in [1.29, 1.82) is 0 Å². The zero-order valence-corrected chi connectivity index (χ0v) is 15.4. The highest BCUT2D eigenvalue weighted by Crippen LogP contribution is 2.61. The molecule has 0 radical (unpaired) electrons. The highest BCUT2D eigenvalue weighted by atomic mass is 16.6. The number of phenolic OH excluding ortho intramolecular Hbond substituents is 1. The Kier molecular flexibility index (Phi) is 3.66. The molecule has 3 saturated carbocycles. The van der Waals surface area contributed by atoms with Gasteiger partial charge in [-0.15, -0.1) is 0 Å². The Balaban J connectivity index is 1.41. The lowest BCUT2D eigenvalue weighted by Crippen LogP contribution is -2.45. The van der Waals surface area contributed by atoms with Crippen molar-refractivity contribution < 1.29 is 19.7 Å². The summed E-state index contributed by atoms with van der Waals surface area (Å²) in [5, 5.41) is 20.8. The maximum absolute atomic E-state index is 12.1. The molecule has 0 aromatic heterocycles. The van der Waals surface area contributed by atoms with E-state index in [1.54, 1.807) is 6.07 Å². The first-order chi connectivity index (χ1) is 12.5. The van der Waals surface area contributed by atoms with Gasteiger partial charge in [0.25, 0.3) is 0 Å². The third-order valence-corrected chi connectivity index (χ3v) is 7.84. The summed E-state index contributed by atoms with van der Waals surface area (Å²) in [6, 6.07) is 5.82. The molecule has 26 heavy (non-hydrogen) atoms. The molecule has 0 heterocycles. The van der Waals surface area contributed by atoms with Gasteiger partial charge in [-0.2, -0.15) is 0 Å². The average molecular weight is 356 g/mol. The minimum Gasteiger partial charge on any atom is -0.508 e. The molecule has 0 amide bonds. The Hall–Kier alpha value is -1.55. The van der Waals surface area contributed by atoms with Gasteiger partial charge in [0.15, 0.2) is 0 Å². The van der Waals surface area contributed by atoms with Crippen molar-refractivity contribution >= 4 is 5.97 Å². The fourth-order valence-corrected chi connectivity index (χ4v) is 6.21. The molecule has 2 N–H and O–H groups in total. The lowest BCUT2D eigenvalue weighted by Gasteiger charge is -2.49. The number of fused-ring (bicyclic) bond motifs is 5. The van der Waals surface area contributed by atoms with E-state index in [-0.39, 0.29) is 23.4 Å². The van der Waals surface area contributed by atoms with Gasteiger partial charge in [0, 0.05) is 5.41 Å². The molecule has 1 aromatic rings. The zero-order chi connectivity index (χ0) is 18.1. The van der Waals surface area contributed by atoms with E-state index >= 15 is 0 Å². The number of aliphatic hydroxyl groups excluding tert-OH is 1. The van der Waals surface area contributed by atoms with Crippen LogP contribution in [0.5, 0.6) is 5.75 Å². The summed E-state index contributed by atoms with van der Waals surface area (Å²) in [6.45, 7) is 2.20. The van der Waals surface area contributed by atoms with E-state index in [0.717, 1.165) is 44.9 Å². The summed E-state index contributed by atoms with van der Waals surface area (Å²) in [5.74, 6) is 1.77. The molecule has 3 unspecified atom stereocenters. The predicted octanol–water partition coefficient (Wildman–Crippen LogP) is 3.54. The van der Waals surface area contributed by atoms with Gasteiger partial charge in [0.05, 0.1) is 12.0 Å². The van der Waals surface area contributed by atoms with Crippen molar-refractivity contribution in [1.82, 2.24) is 0 Å². The topological polar surface area (TPSA) is 66.8 Å². The van der Waals surface area contributed by atoms with Crippen molar-refractivity contribution in [2.45, 2.75) is 70.0 Å². The Bertz CT molecular complexity index is 740. The van der Waals surface area contributed by atoms with Gasteiger partial charge in [-0.3, -0.25) is 4.79 Å². The first-order valence-corrected chi connectivity index (χ1v) is 10.2. The second-order valence-corrected chi connectivity index (χ2v) is 9.27. The Morgan fingerprint density at radius 3 is 2.81 bits per heavy atom. The van der Waals surface area contributed by atoms with Crippen molar-refractivity contribution in [3.63, 3.8) is 0 Å². The number of esters is 1. The number of hydrogen-bond donors (Lipinski definition) is 2. The molecule has 0 saturated heterocycles. The molecule has 0 bridgehead atoms. The van der Waals surface area contributed by atoms with Crippen molar-refractivity contribution in [3.8, 4) is 5.75 Å². The molecule has 4 heteroatoms. The summed E-state index contributed by atoms with van der Waals surface area (Å²) in [4.78, 5) is 12.1. The number of carbonyl (C=O) groups excluding carboxylic acids is 1. The maximum atomic E-state index is 12.1. The molecule has 4 aliphatic carbocycles. The number of rotatable bonds is 2. The molecule has 6 atom stereocenters. The van der Waals surface area contributed by atoms with E-state index < -0.39 is 6.10 Å². The molecular weight excluding hydrogens is 328 g/mol. The van der Waals surface area contributed by atoms with Crippen LogP contribution in [0.3, 0.4) is 0 Å². The van der Waals surface area contributed by atoms with Crippen LogP contribution < -0.4 is 0 Å². The SMILES string of the molecule is C[C@]12CCC3c4ccc(O)cc4CCC3C1C[C@@H](OC(=O)C1CC1)[C@@H]2O. The van der Waals surface area contributed by atoms with Crippen molar-refractivity contribution in [2.24, 2.45) is 23.2 Å². The highest BCUT2D eigenvalue weighted by Gasteiger charge is 2.59. The van der Waals surface area contributed by atoms with E-state index in [2.05, 4.69) is 13.0 Å². The normalized spacial score (nSPS) is 41.1. The molecule has 0 aliphatic heterocycles. The summed E-state index contributed by atoms with van der Waals surface area (Å²) in [7, 11) is 0. The van der Waals surface area contributed by atoms with Crippen LogP contribution in [0.15, 0.2) is 18.2 Å². The van der Waals surface area contributed by atoms with Gasteiger partial charge in [0.2, 0.25) is 0 Å². The van der Waals surface area contributed by atoms with Crippen LogP contribution in [0.4, 0.5) is 0 Å². The number of carbonyl (C=O) groups is 1. The van der Waals surface area contributed by atoms with E-state index in [1.807, 2.05) is 6.07 Å². The quantitative estimate of drug-likeness (QED) is 0.796. The summed E-state index contributed by atoms with van der Waals surface area (Å²) in [6.07, 6.45) is 5.92. The number of aromatic hydroxyl groups is 1. The van der Waals surface area contributed by atoms with Crippen molar-refractivity contribution in [3.05, 3.63) is 29.3 Å². The first kappa shape index (κ1) is 16.6. The third-order valence-electron chi connectivity index (χ3n) is 7.84. The number of hydrogen-bond acceptors (Lipinski definition) is 4. The Labute approximate surface area is 154 Å². The Morgan fingerprint density at radius 2 is 2.04 bits per heavy atom. The van der Waals surface area contributed by atoms with E-state index in [1.165, 1.54) is 11.1 Å². The van der Waals surface area contributed by atoms with E-state index in [9.17, 15) is 15.0 Å². The van der Waals surface area contributed by atoms with E-state index in [4.69, 9.17) is 4.74 Å². The number of aryl methyl sites for hydroxylation is 1. The van der Waals surface area contributed by atoms with Crippen LogP contribution in [-0.2, 0) is 16.0 Å². The second kappa shape index (κ2) is 5.72. The standard InChI is InChI=1S/C22H28O4/c1-22-9-8-16-15-7-5-14(23)10-13(15)4-6-17(16)18(22)11-19(20(22)24)26-21(25)12-2-3-12/h5,7,10,12,16-20,23-24H,2-4,6,8-9,11H2,1H3/t16?,17?,18?,19-,20+,22+/m1/s1. The zero-order valence-electron chi connectivity index (χ0n) is 15.4. The summed E-state index contributed by atoms with van der Waals surface area (Å²) < 4.78 is 5.75. The molecule has 4 nitrogen and oxygen atoms in total. The smallest absolute Gasteiger partial charge is 0.309 e. The van der Waals surface area contributed by atoms with Gasteiger partial charge < -0.3 is 14.9 Å². The highest BCUT2D eigenvalue weighted by molar-refractivity contribution is 5.75. The summed E-state index contributed by atoms with van der Waals surface area (Å²) in [5.41, 5.74) is 2.52. The molecule has 4 aliphatic rings. The van der Waals surface area contributed by atoms with Crippen LogP contribution in [0.1, 0.15) is 62.5 Å². The maximum Gasteiger partial charge on any atom is 0.309 e. The monoisotopic (exact) mass is 356 g/mol. The van der Waals surface area contributed by atoms with Crippen LogP contribution in [0, 0.1) is 23.2 Å². The fourth-order valence-electron chi connectivity index (χ4n) is 6.21. The van der Waals surface area contributed by atoms with Gasteiger partial charge >= 0.3 is 5.97 Å². The van der Waals surface area contributed by atoms with Crippen LogP contribution >= 0.6 is 0 Å². The van der Waals surface area contributed by atoms with E-state index in [0.29, 0.717) is 23.5 Å². The van der Waals surface area contributed by atoms with Crippen LogP contribution in [0.25, 0.3) is 0 Å². The molecule has 140 valence electrons. The van der Waals surface area contributed by atoms with Crippen LogP contribution in [-0.4, -0.2) is 28.4 Å². The molecule has 0 spiro atoms. The lowest BCUT2D eigenvalue weighted by atomic mass is 9.55. The minimum atomic E-state index is -0.544. The molecule has 5 rings (SSSR count). The minimum absolute atomic E-state index is 0.0830. The third kappa shape index (κ3) is 2.41. The fraction of sp³-hybridized carbons (Fsp3) is 0.682. The van der Waals surface area contributed by atoms with Crippen molar-refractivity contribution in [2.75, 3.05) is 0 Å². The second-order valence-electron chi connectivity index (χ2n) is 9.27. The number of aliphatic hydroxyl groups is 1. The molecular formula is C22H28O4. The number of benzene rings is 1. The van der Waals surface area contributed by atoms with Gasteiger partial charge in [-0.1, -0.05) is 13.0 Å². The summed E-state index contributed by atoms with van der Waals surface area (Å²) >= 11 is 0. The van der Waals surface area contributed by atoms with Gasteiger partial charge in [-0.25, -0.2) is 0 Å². The average Bonchev–Trinajstić information content (AvgIpc) is 3.43. The first-order valence-electron chi connectivity index (χ1n) is 10.2. The Morgan fingerprint density at radius 1 is 1.23 bits per heavy atom. The lowest BCUT2D eigenvalue weighted by molar-refractivity contribution is -0.157. The van der Waals surface area contributed by atoms with Gasteiger partial charge in [0.1, 0.15) is 11.9 Å². The van der Waals surface area contributed by atoms with Gasteiger partial charge in [-0.05, 0) is 86.0 Å². The van der Waals surface area contributed by atoms with Crippen LogP contribution in [0.2, 0.25) is 0 Å².